The molecule has 2 rings (SSSR count). The van der Waals surface area contributed by atoms with Gasteiger partial charge in [-0.05, 0) is 70.2 Å². The zero-order valence-corrected chi connectivity index (χ0v) is 13.8. The first-order valence-corrected chi connectivity index (χ1v) is 7.52. The van der Waals surface area contributed by atoms with Crippen molar-refractivity contribution >= 4 is 27.5 Å². The highest BCUT2D eigenvalue weighted by atomic mass is 79.9. The molecule has 0 saturated heterocycles. The minimum atomic E-state index is -0.0750. The number of aryl methyl sites for hydroxylation is 1. The van der Waals surface area contributed by atoms with Crippen LogP contribution >= 0.6 is 27.5 Å². The molecule has 0 aliphatic heterocycles. The van der Waals surface area contributed by atoms with Gasteiger partial charge in [-0.2, -0.15) is 0 Å². The number of hydrogen-bond acceptors (Lipinski definition) is 2. The van der Waals surface area contributed by atoms with Crippen LogP contribution in [0, 0.1) is 6.92 Å². The van der Waals surface area contributed by atoms with Crippen LogP contribution in [0.4, 0.5) is 0 Å². The summed E-state index contributed by atoms with van der Waals surface area (Å²) < 4.78 is 6.17. The summed E-state index contributed by atoms with van der Waals surface area (Å²) in [5.41, 5.74) is 9.72. The average Bonchev–Trinajstić information content (AvgIpc) is 2.41. The van der Waals surface area contributed by atoms with E-state index in [9.17, 15) is 0 Å². The van der Waals surface area contributed by atoms with Gasteiger partial charge >= 0.3 is 0 Å². The van der Waals surface area contributed by atoms with Gasteiger partial charge in [-0.25, -0.2) is 0 Å². The number of hydrogen-bond donors (Lipinski definition) is 1. The molecule has 0 aromatic heterocycles. The van der Waals surface area contributed by atoms with E-state index in [0.29, 0.717) is 0 Å². The summed E-state index contributed by atoms with van der Waals surface area (Å²) in [5.74, 6) is 0.821. The zero-order valence-electron chi connectivity index (χ0n) is 11.5. The van der Waals surface area contributed by atoms with Crippen LogP contribution in [0.1, 0.15) is 22.7 Å². The Morgan fingerprint density at radius 3 is 2.65 bits per heavy atom. The Labute approximate surface area is 133 Å². The van der Waals surface area contributed by atoms with Crippen molar-refractivity contribution in [3.8, 4) is 5.75 Å². The third kappa shape index (κ3) is 3.54. The highest BCUT2D eigenvalue weighted by molar-refractivity contribution is 9.10. The molecule has 2 nitrogen and oxygen atoms in total. The molecule has 0 radical (unpaired) electrons. The molecule has 1 atom stereocenters. The minimum Gasteiger partial charge on any atom is -0.496 e. The van der Waals surface area contributed by atoms with E-state index in [1.54, 1.807) is 7.11 Å². The molecule has 0 saturated carbocycles. The predicted octanol–water partition coefficient (Wildman–Crippen LogP) is 4.66. The van der Waals surface area contributed by atoms with Crippen molar-refractivity contribution in [2.24, 2.45) is 5.73 Å². The second-order valence-corrected chi connectivity index (χ2v) is 6.07. The summed E-state index contributed by atoms with van der Waals surface area (Å²) in [6, 6.07) is 11.8. The molecule has 20 heavy (non-hydrogen) atoms. The van der Waals surface area contributed by atoms with Gasteiger partial charge in [0.05, 0.1) is 11.6 Å². The van der Waals surface area contributed by atoms with Gasteiger partial charge < -0.3 is 10.5 Å². The first kappa shape index (κ1) is 15.4. The summed E-state index contributed by atoms with van der Waals surface area (Å²) in [6.07, 6.45) is 0.754. The lowest BCUT2D eigenvalue weighted by Crippen LogP contribution is -2.14. The maximum Gasteiger partial charge on any atom is 0.133 e. The summed E-state index contributed by atoms with van der Waals surface area (Å²) in [7, 11) is 1.65. The molecule has 0 aliphatic carbocycles. The Morgan fingerprint density at radius 2 is 2.00 bits per heavy atom. The Kier molecular flexibility index (Phi) is 5.08. The second-order valence-electron chi connectivity index (χ2n) is 4.78. The lowest BCUT2D eigenvalue weighted by molar-refractivity contribution is 0.412. The molecule has 2 N–H and O–H groups in total. The number of nitrogens with two attached hydrogens (primary N) is 1. The number of ether oxygens (including phenoxy) is 1. The molecule has 0 bridgehead atoms. The maximum atomic E-state index is 6.31. The van der Waals surface area contributed by atoms with Crippen LogP contribution in [0.3, 0.4) is 0 Å². The summed E-state index contributed by atoms with van der Waals surface area (Å²) in [4.78, 5) is 0. The molecule has 0 fully saturated rings. The third-order valence-electron chi connectivity index (χ3n) is 3.31. The smallest absolute Gasteiger partial charge is 0.133 e. The maximum absolute atomic E-state index is 6.31. The van der Waals surface area contributed by atoms with Gasteiger partial charge in [0.2, 0.25) is 0 Å². The lowest BCUT2D eigenvalue weighted by Gasteiger charge is -2.16. The van der Waals surface area contributed by atoms with Crippen LogP contribution < -0.4 is 10.5 Å². The molecule has 2 aromatic rings. The molecular weight excluding hydrogens is 338 g/mol. The second kappa shape index (κ2) is 6.61. The quantitative estimate of drug-likeness (QED) is 0.866. The SMILES string of the molecule is COc1ccc(CC(N)c2cc(Cl)ccc2C)cc1Br. The van der Waals surface area contributed by atoms with Crippen molar-refractivity contribution < 1.29 is 4.74 Å². The zero-order chi connectivity index (χ0) is 14.7. The van der Waals surface area contributed by atoms with E-state index in [1.165, 1.54) is 0 Å². The highest BCUT2D eigenvalue weighted by Crippen LogP contribution is 2.28. The molecular formula is C16H17BrClNO. The van der Waals surface area contributed by atoms with Crippen molar-refractivity contribution in [3.05, 3.63) is 62.6 Å². The van der Waals surface area contributed by atoms with Gasteiger partial charge in [0.15, 0.2) is 0 Å². The Hall–Kier alpha value is -1.03. The van der Waals surface area contributed by atoms with Gasteiger partial charge in [-0.1, -0.05) is 23.7 Å². The first-order valence-electron chi connectivity index (χ1n) is 6.35. The summed E-state index contributed by atoms with van der Waals surface area (Å²) in [6.45, 7) is 2.05. The molecule has 0 amide bonds. The van der Waals surface area contributed by atoms with Gasteiger partial charge in [0.25, 0.3) is 0 Å². The van der Waals surface area contributed by atoms with E-state index in [-0.39, 0.29) is 6.04 Å². The van der Waals surface area contributed by atoms with Crippen LogP contribution in [0.5, 0.6) is 5.75 Å². The molecule has 2 aromatic carbocycles. The van der Waals surface area contributed by atoms with Crippen LogP contribution in [-0.4, -0.2) is 7.11 Å². The van der Waals surface area contributed by atoms with Crippen LogP contribution in [0.25, 0.3) is 0 Å². The van der Waals surface area contributed by atoms with Gasteiger partial charge in [-0.3, -0.25) is 0 Å². The molecule has 0 heterocycles. The van der Waals surface area contributed by atoms with Crippen LogP contribution in [-0.2, 0) is 6.42 Å². The normalized spacial score (nSPS) is 12.2. The topological polar surface area (TPSA) is 35.2 Å². The van der Waals surface area contributed by atoms with E-state index < -0.39 is 0 Å². The van der Waals surface area contributed by atoms with Crippen molar-refractivity contribution in [2.45, 2.75) is 19.4 Å². The van der Waals surface area contributed by atoms with Crippen LogP contribution in [0.15, 0.2) is 40.9 Å². The molecule has 106 valence electrons. The van der Waals surface area contributed by atoms with Crippen molar-refractivity contribution in [2.75, 3.05) is 7.11 Å². The lowest BCUT2D eigenvalue weighted by atomic mass is 9.96. The van der Waals surface area contributed by atoms with Crippen molar-refractivity contribution in [1.82, 2.24) is 0 Å². The van der Waals surface area contributed by atoms with Gasteiger partial charge in [-0.15, -0.1) is 0 Å². The fourth-order valence-corrected chi connectivity index (χ4v) is 2.98. The van der Waals surface area contributed by atoms with E-state index in [4.69, 9.17) is 22.1 Å². The predicted molar refractivity (Wildman–Crippen MR) is 87.5 cm³/mol. The highest BCUT2D eigenvalue weighted by Gasteiger charge is 2.11. The standard InChI is InChI=1S/C16H17BrClNO/c1-10-3-5-12(18)9-13(10)15(19)8-11-4-6-16(20-2)14(17)7-11/h3-7,9,15H,8,19H2,1-2H3. The number of rotatable bonds is 4. The van der Waals surface area contributed by atoms with Crippen molar-refractivity contribution in [1.29, 1.82) is 0 Å². The van der Waals surface area contributed by atoms with E-state index >= 15 is 0 Å². The van der Waals surface area contributed by atoms with Crippen molar-refractivity contribution in [3.63, 3.8) is 0 Å². The molecule has 0 spiro atoms. The molecule has 0 aliphatic rings. The third-order valence-corrected chi connectivity index (χ3v) is 4.17. The summed E-state index contributed by atoms with van der Waals surface area (Å²) in [5, 5.41) is 0.719. The number of methoxy groups -OCH3 is 1. The monoisotopic (exact) mass is 353 g/mol. The van der Waals surface area contributed by atoms with E-state index in [0.717, 1.165) is 38.4 Å². The van der Waals surface area contributed by atoms with E-state index in [1.807, 2.05) is 36.4 Å². The first-order chi connectivity index (χ1) is 9.51. The van der Waals surface area contributed by atoms with Gasteiger partial charge in [0.1, 0.15) is 5.75 Å². The summed E-state index contributed by atoms with van der Waals surface area (Å²) >= 11 is 9.54. The number of halogens is 2. The van der Waals surface area contributed by atoms with E-state index in [2.05, 4.69) is 22.9 Å². The fraction of sp³-hybridized carbons (Fsp3) is 0.250. The molecule has 1 unspecified atom stereocenters. The Morgan fingerprint density at radius 1 is 1.25 bits per heavy atom. The average molecular weight is 355 g/mol. The molecule has 4 heteroatoms. The van der Waals surface area contributed by atoms with Crippen LogP contribution in [0.2, 0.25) is 5.02 Å². The van der Waals surface area contributed by atoms with Gasteiger partial charge in [0, 0.05) is 11.1 Å². The largest absolute Gasteiger partial charge is 0.496 e. The Bertz CT molecular complexity index is 615. The fourth-order valence-electron chi connectivity index (χ4n) is 2.21. The Balaban J connectivity index is 2.21. The minimum absolute atomic E-state index is 0.0750. The number of benzene rings is 2.